The number of hydrogen-bond acceptors (Lipinski definition) is 11. The van der Waals surface area contributed by atoms with E-state index in [9.17, 15) is 14.4 Å². The van der Waals surface area contributed by atoms with E-state index in [1.54, 1.807) is 56.3 Å². The molecule has 0 amide bonds. The quantitative estimate of drug-likeness (QED) is 0.209. The van der Waals surface area contributed by atoms with Crippen molar-refractivity contribution in [1.82, 2.24) is 4.57 Å². The van der Waals surface area contributed by atoms with Crippen LogP contribution in [0.1, 0.15) is 36.6 Å². The topological polar surface area (TPSA) is 124 Å². The molecule has 0 radical (unpaired) electrons. The van der Waals surface area contributed by atoms with Gasteiger partial charge >= 0.3 is 11.9 Å². The van der Waals surface area contributed by atoms with Gasteiger partial charge in [0.25, 0.3) is 5.56 Å². The van der Waals surface area contributed by atoms with Gasteiger partial charge in [-0.1, -0.05) is 53.8 Å². The third kappa shape index (κ3) is 6.92. The number of aromatic nitrogens is 1. The molecule has 1 aliphatic heterocycles. The van der Waals surface area contributed by atoms with Crippen molar-refractivity contribution in [1.29, 1.82) is 0 Å². The molecule has 4 aromatic rings. The fraction of sp³-hybridized carbons (Fsp3) is 0.257. The Kier molecular flexibility index (Phi) is 10.4. The highest BCUT2D eigenvalue weighted by molar-refractivity contribution is 7.07. The Morgan fingerprint density at radius 1 is 0.851 bits per heavy atom. The van der Waals surface area contributed by atoms with Crippen LogP contribution in [0.2, 0.25) is 0 Å². The summed E-state index contributed by atoms with van der Waals surface area (Å²) in [4.78, 5) is 45.0. The van der Waals surface area contributed by atoms with Crippen molar-refractivity contribution in [2.45, 2.75) is 19.9 Å². The summed E-state index contributed by atoms with van der Waals surface area (Å²) >= 11 is 1.19. The van der Waals surface area contributed by atoms with Gasteiger partial charge in [0.2, 0.25) is 0 Å². The lowest BCUT2D eigenvalue weighted by atomic mass is 9.93. The number of ether oxygens (including phenoxy) is 6. The lowest BCUT2D eigenvalue weighted by Gasteiger charge is -2.26. The number of benzene rings is 3. The van der Waals surface area contributed by atoms with Crippen LogP contribution in [0.3, 0.4) is 0 Å². The van der Waals surface area contributed by atoms with E-state index >= 15 is 0 Å². The molecule has 47 heavy (non-hydrogen) atoms. The van der Waals surface area contributed by atoms with Gasteiger partial charge in [0.05, 0.1) is 56.4 Å². The normalized spacial score (nSPS) is 14.1. The lowest BCUT2D eigenvalue weighted by molar-refractivity contribution is -0.145. The van der Waals surface area contributed by atoms with E-state index < -0.39 is 18.0 Å². The molecule has 2 heterocycles. The zero-order valence-electron chi connectivity index (χ0n) is 26.6. The Bertz CT molecular complexity index is 2000. The minimum Gasteiger partial charge on any atom is -0.493 e. The number of rotatable bonds is 12. The first-order valence-corrected chi connectivity index (χ1v) is 15.6. The summed E-state index contributed by atoms with van der Waals surface area (Å²) in [6.07, 6.45) is 1.71. The molecule has 0 spiro atoms. The monoisotopic (exact) mass is 658 g/mol. The number of methoxy groups -OCH3 is 3. The van der Waals surface area contributed by atoms with Gasteiger partial charge < -0.3 is 28.4 Å². The zero-order chi connectivity index (χ0) is 33.5. The highest BCUT2D eigenvalue weighted by atomic mass is 32.1. The van der Waals surface area contributed by atoms with E-state index in [2.05, 4.69) is 0 Å². The highest BCUT2D eigenvalue weighted by Gasteiger charge is 2.35. The SMILES string of the molecule is CCOC(=O)COc1ccc(/C=c2\sc3n(c2=O)[C@H](c2ccc(OC)c(OC)c2)C(C(=O)OCC)=C(c2ccccc2)N=3)cc1OC. The average molecular weight is 659 g/mol. The second-order valence-electron chi connectivity index (χ2n) is 10.0. The predicted molar refractivity (Wildman–Crippen MR) is 176 cm³/mol. The maximum atomic E-state index is 14.3. The number of hydrogen-bond donors (Lipinski definition) is 0. The predicted octanol–water partition coefficient (Wildman–Crippen LogP) is 3.90. The van der Waals surface area contributed by atoms with E-state index in [0.29, 0.717) is 54.7 Å². The van der Waals surface area contributed by atoms with Crippen LogP contribution < -0.4 is 33.8 Å². The molecule has 1 atom stereocenters. The summed E-state index contributed by atoms with van der Waals surface area (Å²) in [5, 5.41) is 0. The van der Waals surface area contributed by atoms with Gasteiger partial charge in [0, 0.05) is 5.56 Å². The van der Waals surface area contributed by atoms with E-state index in [1.807, 2.05) is 30.3 Å². The van der Waals surface area contributed by atoms with Crippen LogP contribution in [0.4, 0.5) is 0 Å². The van der Waals surface area contributed by atoms with Crippen molar-refractivity contribution in [2.24, 2.45) is 4.99 Å². The van der Waals surface area contributed by atoms with E-state index in [4.69, 9.17) is 33.4 Å². The number of carbonyl (C=O) groups is 2. The summed E-state index contributed by atoms with van der Waals surface area (Å²) in [5.74, 6) is 0.561. The number of thiazole rings is 1. The second-order valence-corrected chi connectivity index (χ2v) is 11.1. The van der Waals surface area contributed by atoms with Crippen molar-refractivity contribution >= 4 is 35.0 Å². The van der Waals surface area contributed by atoms with Crippen LogP contribution in [0, 0.1) is 0 Å². The third-order valence-corrected chi connectivity index (χ3v) is 8.22. The van der Waals surface area contributed by atoms with Crippen LogP contribution in [0.25, 0.3) is 11.8 Å². The first-order valence-electron chi connectivity index (χ1n) is 14.8. The highest BCUT2D eigenvalue weighted by Crippen LogP contribution is 2.38. The van der Waals surface area contributed by atoms with Gasteiger partial charge in [0.15, 0.2) is 34.4 Å². The summed E-state index contributed by atoms with van der Waals surface area (Å²) < 4.78 is 34.5. The van der Waals surface area contributed by atoms with Crippen LogP contribution in [0.15, 0.2) is 82.1 Å². The Morgan fingerprint density at radius 3 is 2.21 bits per heavy atom. The molecule has 0 saturated carbocycles. The van der Waals surface area contributed by atoms with Gasteiger partial charge in [-0.15, -0.1) is 0 Å². The number of esters is 2. The van der Waals surface area contributed by atoms with Gasteiger partial charge in [0.1, 0.15) is 0 Å². The third-order valence-electron chi connectivity index (χ3n) is 7.23. The molecular formula is C35H34N2O9S. The summed E-state index contributed by atoms with van der Waals surface area (Å²) in [5.41, 5.74) is 2.21. The minimum atomic E-state index is -0.893. The molecule has 3 aromatic carbocycles. The molecule has 0 saturated heterocycles. The van der Waals surface area contributed by atoms with E-state index in [-0.39, 0.29) is 31.0 Å². The van der Waals surface area contributed by atoms with Gasteiger partial charge in [-0.25, -0.2) is 14.6 Å². The fourth-order valence-electron chi connectivity index (χ4n) is 5.16. The molecule has 1 aromatic heterocycles. The first kappa shape index (κ1) is 33.0. The standard InChI is InChI=1S/C35H34N2O9S/c1-6-44-29(38)20-46-25-15-13-21(17-26(25)42-4)18-28-33(39)37-32(23-14-16-24(41-3)27(19-23)43-5)30(34(40)45-7-2)31(36-35(37)47-28)22-11-9-8-10-12-22/h8-19,32H,6-7,20H2,1-5H3/b28-18-/t32-/m1/s1. The van der Waals surface area contributed by atoms with E-state index in [1.165, 1.54) is 37.2 Å². The molecule has 244 valence electrons. The van der Waals surface area contributed by atoms with Crippen molar-refractivity contribution < 1.29 is 38.0 Å². The molecule has 11 nitrogen and oxygen atoms in total. The molecule has 5 rings (SSSR count). The molecule has 0 fully saturated rings. The average Bonchev–Trinajstić information content (AvgIpc) is 3.40. The Labute approximate surface area is 274 Å². The summed E-state index contributed by atoms with van der Waals surface area (Å²) in [7, 11) is 4.54. The number of carbonyl (C=O) groups excluding carboxylic acids is 2. The van der Waals surface area contributed by atoms with Crippen molar-refractivity contribution in [2.75, 3.05) is 41.2 Å². The molecule has 1 aliphatic rings. The number of nitrogens with zero attached hydrogens (tertiary/aromatic N) is 2. The Balaban J connectivity index is 1.70. The van der Waals surface area contributed by atoms with Gasteiger partial charge in [-0.2, -0.15) is 0 Å². The Morgan fingerprint density at radius 2 is 1.53 bits per heavy atom. The maximum absolute atomic E-state index is 14.3. The molecular weight excluding hydrogens is 624 g/mol. The van der Waals surface area contributed by atoms with Crippen LogP contribution in [0.5, 0.6) is 23.0 Å². The Hall–Kier alpha value is -5.36. The van der Waals surface area contributed by atoms with Crippen molar-refractivity contribution in [3.63, 3.8) is 0 Å². The van der Waals surface area contributed by atoms with Crippen LogP contribution >= 0.6 is 11.3 Å². The van der Waals surface area contributed by atoms with Crippen molar-refractivity contribution in [3.05, 3.63) is 109 Å². The maximum Gasteiger partial charge on any atom is 0.344 e. The molecule has 0 N–H and O–H groups in total. The van der Waals surface area contributed by atoms with Gasteiger partial charge in [-0.3, -0.25) is 9.36 Å². The number of fused-ring (bicyclic) bond motifs is 1. The summed E-state index contributed by atoms with van der Waals surface area (Å²) in [6, 6.07) is 18.8. The smallest absolute Gasteiger partial charge is 0.344 e. The molecule has 0 aliphatic carbocycles. The second kappa shape index (κ2) is 14.8. The van der Waals surface area contributed by atoms with E-state index in [0.717, 1.165) is 0 Å². The first-order chi connectivity index (χ1) is 22.8. The molecule has 0 unspecified atom stereocenters. The largest absolute Gasteiger partial charge is 0.493 e. The zero-order valence-corrected chi connectivity index (χ0v) is 27.4. The molecule has 12 heteroatoms. The van der Waals surface area contributed by atoms with Crippen LogP contribution in [-0.2, 0) is 19.1 Å². The van der Waals surface area contributed by atoms with Crippen molar-refractivity contribution in [3.8, 4) is 23.0 Å². The minimum absolute atomic E-state index is 0.134. The van der Waals surface area contributed by atoms with Crippen LogP contribution in [-0.4, -0.2) is 57.7 Å². The van der Waals surface area contributed by atoms with Gasteiger partial charge in [-0.05, 0) is 55.3 Å². The lowest BCUT2D eigenvalue weighted by Crippen LogP contribution is -2.40. The summed E-state index contributed by atoms with van der Waals surface area (Å²) in [6.45, 7) is 3.55. The fourth-order valence-corrected chi connectivity index (χ4v) is 6.16. The molecule has 0 bridgehead atoms.